The van der Waals surface area contributed by atoms with Gasteiger partial charge in [-0.1, -0.05) is 13.0 Å². The first-order valence-electron chi connectivity index (χ1n) is 4.97. The molecular formula is C10H11N3OS2. The van der Waals surface area contributed by atoms with Crippen LogP contribution in [0.5, 0.6) is 0 Å². The largest absolute Gasteiger partial charge is 0.282 e. The number of hydrogen-bond donors (Lipinski definition) is 1. The minimum Gasteiger partial charge on any atom is -0.282 e. The van der Waals surface area contributed by atoms with Gasteiger partial charge in [0.25, 0.3) is 5.56 Å². The SMILES string of the molecule is CCCn1c(=S)[nH]nc(-c2cccs2)c1=O. The van der Waals surface area contributed by atoms with E-state index in [0.717, 1.165) is 11.3 Å². The van der Waals surface area contributed by atoms with E-state index in [-0.39, 0.29) is 5.56 Å². The average Bonchev–Trinajstić information content (AvgIpc) is 2.77. The highest BCUT2D eigenvalue weighted by atomic mass is 32.1. The van der Waals surface area contributed by atoms with Crippen LogP contribution in [0.15, 0.2) is 22.3 Å². The number of aromatic amines is 1. The van der Waals surface area contributed by atoms with Crippen molar-refractivity contribution >= 4 is 23.6 Å². The molecule has 0 saturated heterocycles. The Morgan fingerprint density at radius 2 is 2.44 bits per heavy atom. The van der Waals surface area contributed by atoms with Gasteiger partial charge in [-0.25, -0.2) is 0 Å². The summed E-state index contributed by atoms with van der Waals surface area (Å²) in [5.74, 6) is 0. The van der Waals surface area contributed by atoms with Gasteiger partial charge in [-0.05, 0) is 30.1 Å². The van der Waals surface area contributed by atoms with Crippen LogP contribution in [-0.2, 0) is 6.54 Å². The Morgan fingerprint density at radius 1 is 1.62 bits per heavy atom. The highest BCUT2D eigenvalue weighted by molar-refractivity contribution is 7.71. The predicted molar refractivity (Wildman–Crippen MR) is 67.3 cm³/mol. The lowest BCUT2D eigenvalue weighted by molar-refractivity contribution is 0.617. The van der Waals surface area contributed by atoms with E-state index in [1.54, 1.807) is 4.57 Å². The average molecular weight is 253 g/mol. The number of rotatable bonds is 3. The Bertz CT molecular complexity index is 583. The number of aromatic nitrogens is 3. The first-order chi connectivity index (χ1) is 7.74. The van der Waals surface area contributed by atoms with E-state index in [1.165, 1.54) is 11.3 Å². The van der Waals surface area contributed by atoms with Gasteiger partial charge in [0.05, 0.1) is 4.88 Å². The summed E-state index contributed by atoms with van der Waals surface area (Å²) in [5.41, 5.74) is 0.324. The molecule has 0 amide bonds. The molecule has 0 spiro atoms. The van der Waals surface area contributed by atoms with Gasteiger partial charge in [0, 0.05) is 6.54 Å². The van der Waals surface area contributed by atoms with Crippen molar-refractivity contribution in [1.82, 2.24) is 14.8 Å². The fourth-order valence-corrected chi connectivity index (χ4v) is 2.36. The molecule has 16 heavy (non-hydrogen) atoms. The summed E-state index contributed by atoms with van der Waals surface area (Å²) in [4.78, 5) is 13.0. The molecular weight excluding hydrogens is 242 g/mol. The summed E-state index contributed by atoms with van der Waals surface area (Å²) in [5, 5.41) is 8.65. The van der Waals surface area contributed by atoms with Crippen molar-refractivity contribution in [2.75, 3.05) is 0 Å². The molecule has 4 nitrogen and oxygen atoms in total. The third kappa shape index (κ3) is 1.98. The molecule has 0 bridgehead atoms. The van der Waals surface area contributed by atoms with Crippen molar-refractivity contribution in [3.05, 3.63) is 32.6 Å². The molecule has 0 radical (unpaired) electrons. The normalized spacial score (nSPS) is 10.6. The topological polar surface area (TPSA) is 50.7 Å². The first kappa shape index (κ1) is 11.2. The first-order valence-corrected chi connectivity index (χ1v) is 6.26. The predicted octanol–water partition coefficient (Wildman–Crippen LogP) is 2.44. The summed E-state index contributed by atoms with van der Waals surface area (Å²) in [6.07, 6.45) is 0.866. The molecule has 2 aromatic rings. The summed E-state index contributed by atoms with van der Waals surface area (Å²) in [6, 6.07) is 3.77. The molecule has 0 aliphatic heterocycles. The number of H-pyrrole nitrogens is 1. The van der Waals surface area contributed by atoms with Crippen molar-refractivity contribution in [1.29, 1.82) is 0 Å². The number of thiophene rings is 1. The van der Waals surface area contributed by atoms with Crippen LogP contribution in [0.2, 0.25) is 0 Å². The molecule has 0 atom stereocenters. The summed E-state index contributed by atoms with van der Waals surface area (Å²) < 4.78 is 1.93. The summed E-state index contributed by atoms with van der Waals surface area (Å²) in [7, 11) is 0. The molecule has 2 aromatic heterocycles. The van der Waals surface area contributed by atoms with Crippen LogP contribution in [0, 0.1) is 4.77 Å². The minimum atomic E-state index is -0.118. The van der Waals surface area contributed by atoms with Gasteiger partial charge in [-0.3, -0.25) is 14.5 Å². The second-order valence-electron chi connectivity index (χ2n) is 3.31. The van der Waals surface area contributed by atoms with E-state index in [2.05, 4.69) is 10.2 Å². The van der Waals surface area contributed by atoms with E-state index >= 15 is 0 Å². The van der Waals surface area contributed by atoms with Crippen LogP contribution in [-0.4, -0.2) is 14.8 Å². The van der Waals surface area contributed by atoms with E-state index < -0.39 is 0 Å². The van der Waals surface area contributed by atoms with Crippen LogP contribution < -0.4 is 5.56 Å². The zero-order valence-electron chi connectivity index (χ0n) is 8.77. The van der Waals surface area contributed by atoms with Gasteiger partial charge in [0.2, 0.25) is 0 Å². The quantitative estimate of drug-likeness (QED) is 0.855. The van der Waals surface area contributed by atoms with E-state index in [9.17, 15) is 4.79 Å². The van der Waals surface area contributed by atoms with Gasteiger partial charge in [0.1, 0.15) is 0 Å². The Hall–Kier alpha value is -1.27. The van der Waals surface area contributed by atoms with E-state index in [1.807, 2.05) is 24.4 Å². The smallest absolute Gasteiger partial charge is 0.281 e. The monoisotopic (exact) mass is 253 g/mol. The van der Waals surface area contributed by atoms with Crippen LogP contribution in [0.4, 0.5) is 0 Å². The lowest BCUT2D eigenvalue weighted by Crippen LogP contribution is -2.24. The summed E-state index contributed by atoms with van der Waals surface area (Å²) in [6.45, 7) is 2.63. The second kappa shape index (κ2) is 4.71. The third-order valence-electron chi connectivity index (χ3n) is 2.16. The Morgan fingerprint density at radius 3 is 3.06 bits per heavy atom. The Labute approximate surface area is 102 Å². The number of hydrogen-bond acceptors (Lipinski definition) is 4. The van der Waals surface area contributed by atoms with Crippen molar-refractivity contribution in [2.45, 2.75) is 19.9 Å². The van der Waals surface area contributed by atoms with Gasteiger partial charge in [-0.15, -0.1) is 11.3 Å². The minimum absolute atomic E-state index is 0.118. The zero-order valence-corrected chi connectivity index (χ0v) is 10.4. The molecule has 6 heteroatoms. The van der Waals surface area contributed by atoms with Crippen LogP contribution in [0.25, 0.3) is 10.6 Å². The fourth-order valence-electron chi connectivity index (χ4n) is 1.43. The highest BCUT2D eigenvalue weighted by Crippen LogP contribution is 2.18. The van der Waals surface area contributed by atoms with Gasteiger partial charge < -0.3 is 0 Å². The van der Waals surface area contributed by atoms with E-state index in [4.69, 9.17) is 12.2 Å². The molecule has 0 aliphatic rings. The maximum atomic E-state index is 12.1. The molecule has 2 heterocycles. The molecule has 1 N–H and O–H groups in total. The number of nitrogens with one attached hydrogen (secondary N) is 1. The lowest BCUT2D eigenvalue weighted by atomic mass is 10.3. The molecule has 0 aliphatic carbocycles. The maximum absolute atomic E-state index is 12.1. The molecule has 0 aromatic carbocycles. The standard InChI is InChI=1S/C10H11N3OS2/c1-2-5-13-9(14)8(11-12-10(13)15)7-4-3-6-16-7/h3-4,6H,2,5H2,1H3,(H,12,15). The zero-order chi connectivity index (χ0) is 11.5. The molecule has 0 saturated carbocycles. The Kier molecular flexibility index (Phi) is 3.31. The molecule has 2 rings (SSSR count). The van der Waals surface area contributed by atoms with Gasteiger partial charge >= 0.3 is 0 Å². The van der Waals surface area contributed by atoms with Crippen LogP contribution in [0.1, 0.15) is 13.3 Å². The Balaban J connectivity index is 2.62. The van der Waals surface area contributed by atoms with Crippen molar-refractivity contribution in [3.8, 4) is 10.6 Å². The third-order valence-corrected chi connectivity index (χ3v) is 3.35. The number of nitrogens with zero attached hydrogens (tertiary/aromatic N) is 2. The highest BCUT2D eigenvalue weighted by Gasteiger charge is 2.09. The second-order valence-corrected chi connectivity index (χ2v) is 4.65. The van der Waals surface area contributed by atoms with Crippen molar-refractivity contribution < 1.29 is 0 Å². The van der Waals surface area contributed by atoms with Gasteiger partial charge in [0.15, 0.2) is 10.5 Å². The molecule has 0 unspecified atom stereocenters. The summed E-state index contributed by atoms with van der Waals surface area (Å²) >= 11 is 6.54. The molecule has 0 fully saturated rings. The van der Waals surface area contributed by atoms with Gasteiger partial charge in [-0.2, -0.15) is 5.10 Å². The van der Waals surface area contributed by atoms with Crippen molar-refractivity contribution in [2.24, 2.45) is 0 Å². The maximum Gasteiger partial charge on any atom is 0.281 e. The molecule has 84 valence electrons. The van der Waals surface area contributed by atoms with Crippen molar-refractivity contribution in [3.63, 3.8) is 0 Å². The van der Waals surface area contributed by atoms with E-state index in [0.29, 0.717) is 17.0 Å². The fraction of sp³-hybridized carbons (Fsp3) is 0.300. The lowest BCUT2D eigenvalue weighted by Gasteiger charge is -2.04. The van der Waals surface area contributed by atoms with Crippen LogP contribution >= 0.6 is 23.6 Å². The van der Waals surface area contributed by atoms with Crippen LogP contribution in [0.3, 0.4) is 0 Å².